The smallest absolute Gasteiger partial charge is 0.224 e. The fourth-order valence-electron chi connectivity index (χ4n) is 4.04. The predicted octanol–water partition coefficient (Wildman–Crippen LogP) is 2.18. The highest BCUT2D eigenvalue weighted by atomic mass is 16.2. The van der Waals surface area contributed by atoms with E-state index in [0.29, 0.717) is 19.0 Å². The number of piperidine rings is 1. The Hall–Kier alpha value is -2.24. The van der Waals surface area contributed by atoms with Gasteiger partial charge in [0.25, 0.3) is 0 Å². The van der Waals surface area contributed by atoms with Gasteiger partial charge >= 0.3 is 0 Å². The maximum absolute atomic E-state index is 12.5. The molecule has 2 fully saturated rings. The lowest BCUT2D eigenvalue weighted by molar-refractivity contribution is -0.134. The first-order chi connectivity index (χ1) is 13.2. The molecule has 1 aromatic rings. The topological polar surface area (TPSA) is 51.2 Å². The summed E-state index contributed by atoms with van der Waals surface area (Å²) in [5, 5.41) is 3.39. The van der Waals surface area contributed by atoms with Gasteiger partial charge < -0.3 is 20.0 Å². The molecule has 6 heteroatoms. The minimum atomic E-state index is 0.263. The second kappa shape index (κ2) is 9.62. The Morgan fingerprint density at radius 3 is 2.52 bits per heavy atom. The SMILES string of the molecule is CN=C(NCCC(=O)N1CCCCC1C)N1CCN(c2ccccc2)CC1. The average molecular weight is 372 g/mol. The second-order valence-electron chi connectivity index (χ2n) is 7.47. The van der Waals surface area contributed by atoms with Gasteiger partial charge in [0.1, 0.15) is 0 Å². The number of para-hydroxylation sites is 1. The van der Waals surface area contributed by atoms with Crippen molar-refractivity contribution in [3.63, 3.8) is 0 Å². The summed E-state index contributed by atoms with van der Waals surface area (Å²) >= 11 is 0. The van der Waals surface area contributed by atoms with Crippen LogP contribution < -0.4 is 10.2 Å². The van der Waals surface area contributed by atoms with E-state index in [1.807, 2.05) is 11.9 Å². The third-order valence-electron chi connectivity index (χ3n) is 5.66. The van der Waals surface area contributed by atoms with Crippen molar-refractivity contribution in [1.29, 1.82) is 0 Å². The summed E-state index contributed by atoms with van der Waals surface area (Å²) in [6, 6.07) is 10.9. The van der Waals surface area contributed by atoms with Gasteiger partial charge in [-0.15, -0.1) is 0 Å². The van der Waals surface area contributed by atoms with E-state index >= 15 is 0 Å². The van der Waals surface area contributed by atoms with E-state index in [0.717, 1.165) is 51.5 Å². The molecule has 1 amide bonds. The van der Waals surface area contributed by atoms with Gasteiger partial charge in [-0.3, -0.25) is 9.79 Å². The molecule has 6 nitrogen and oxygen atoms in total. The van der Waals surface area contributed by atoms with E-state index in [2.05, 4.69) is 57.4 Å². The number of piperazine rings is 1. The molecule has 0 aliphatic carbocycles. The maximum atomic E-state index is 12.5. The molecule has 2 saturated heterocycles. The van der Waals surface area contributed by atoms with E-state index in [9.17, 15) is 4.79 Å². The third-order valence-corrected chi connectivity index (χ3v) is 5.66. The zero-order valence-corrected chi connectivity index (χ0v) is 16.7. The second-order valence-corrected chi connectivity index (χ2v) is 7.47. The summed E-state index contributed by atoms with van der Waals surface area (Å²) in [7, 11) is 1.82. The number of likely N-dealkylation sites (tertiary alicyclic amines) is 1. The molecule has 0 spiro atoms. The Kier molecular flexibility index (Phi) is 6.96. The minimum absolute atomic E-state index is 0.263. The summed E-state index contributed by atoms with van der Waals surface area (Å²) in [6.07, 6.45) is 4.04. The van der Waals surface area contributed by atoms with Crippen LogP contribution in [0.25, 0.3) is 0 Å². The van der Waals surface area contributed by atoms with Crippen molar-refractivity contribution >= 4 is 17.6 Å². The first kappa shape index (κ1) is 19.5. The average Bonchev–Trinajstić information content (AvgIpc) is 2.72. The summed E-state index contributed by atoms with van der Waals surface area (Å²) < 4.78 is 0. The summed E-state index contributed by atoms with van der Waals surface area (Å²) in [5.41, 5.74) is 1.28. The Morgan fingerprint density at radius 2 is 1.85 bits per heavy atom. The van der Waals surface area contributed by atoms with E-state index in [1.54, 1.807) is 0 Å². The number of benzene rings is 1. The predicted molar refractivity (Wildman–Crippen MR) is 111 cm³/mol. The molecule has 1 N–H and O–H groups in total. The van der Waals surface area contributed by atoms with Gasteiger partial charge in [0, 0.05) is 64.5 Å². The third kappa shape index (κ3) is 5.15. The van der Waals surface area contributed by atoms with Gasteiger partial charge in [0.2, 0.25) is 5.91 Å². The number of guanidine groups is 1. The van der Waals surface area contributed by atoms with Crippen molar-refractivity contribution in [3.8, 4) is 0 Å². The van der Waals surface area contributed by atoms with Crippen LogP contribution >= 0.6 is 0 Å². The van der Waals surface area contributed by atoms with E-state index in [4.69, 9.17) is 0 Å². The molecule has 1 atom stereocenters. The zero-order valence-electron chi connectivity index (χ0n) is 16.7. The standard InChI is InChI=1S/C21H33N5O/c1-18-8-6-7-13-26(18)20(27)11-12-23-21(22-2)25-16-14-24(15-17-25)19-9-4-3-5-10-19/h3-5,9-10,18H,6-8,11-17H2,1-2H3,(H,22,23). The number of carbonyl (C=O) groups excluding carboxylic acids is 1. The van der Waals surface area contributed by atoms with Crippen LogP contribution in [0.15, 0.2) is 35.3 Å². The molecular formula is C21H33N5O. The molecule has 1 unspecified atom stereocenters. The number of hydrogen-bond acceptors (Lipinski definition) is 3. The molecule has 3 rings (SSSR count). The zero-order chi connectivity index (χ0) is 19.1. The molecule has 0 aromatic heterocycles. The minimum Gasteiger partial charge on any atom is -0.368 e. The quantitative estimate of drug-likeness (QED) is 0.651. The lowest BCUT2D eigenvalue weighted by atomic mass is 10.0. The largest absolute Gasteiger partial charge is 0.368 e. The number of hydrogen-bond donors (Lipinski definition) is 1. The van der Waals surface area contributed by atoms with Crippen molar-refractivity contribution in [2.24, 2.45) is 4.99 Å². The molecule has 148 valence electrons. The maximum Gasteiger partial charge on any atom is 0.224 e. The van der Waals surface area contributed by atoms with Crippen LogP contribution in [0.3, 0.4) is 0 Å². The number of rotatable bonds is 4. The number of anilines is 1. The van der Waals surface area contributed by atoms with Crippen LogP contribution in [0.1, 0.15) is 32.6 Å². The summed E-state index contributed by atoms with van der Waals surface area (Å²) in [6.45, 7) is 7.56. The highest BCUT2D eigenvalue weighted by Crippen LogP contribution is 2.17. The lowest BCUT2D eigenvalue weighted by Gasteiger charge is -2.38. The van der Waals surface area contributed by atoms with Gasteiger partial charge in [0.15, 0.2) is 5.96 Å². The van der Waals surface area contributed by atoms with E-state index < -0.39 is 0 Å². The Balaban J connectivity index is 1.42. The molecule has 0 bridgehead atoms. The molecule has 1 aromatic carbocycles. The van der Waals surface area contributed by atoms with Crippen LogP contribution in [0, 0.1) is 0 Å². The Morgan fingerprint density at radius 1 is 1.11 bits per heavy atom. The van der Waals surface area contributed by atoms with Crippen molar-refractivity contribution in [3.05, 3.63) is 30.3 Å². The van der Waals surface area contributed by atoms with Crippen molar-refractivity contribution in [2.45, 2.75) is 38.6 Å². The highest BCUT2D eigenvalue weighted by Gasteiger charge is 2.23. The molecule has 2 heterocycles. The molecule has 0 radical (unpaired) electrons. The van der Waals surface area contributed by atoms with Gasteiger partial charge in [-0.05, 0) is 38.3 Å². The van der Waals surface area contributed by atoms with Crippen molar-refractivity contribution in [2.75, 3.05) is 51.2 Å². The van der Waals surface area contributed by atoms with Gasteiger partial charge in [0.05, 0.1) is 0 Å². The first-order valence-corrected chi connectivity index (χ1v) is 10.2. The van der Waals surface area contributed by atoms with Gasteiger partial charge in [-0.1, -0.05) is 18.2 Å². The number of nitrogens with one attached hydrogen (secondary N) is 1. The van der Waals surface area contributed by atoms with E-state index in [-0.39, 0.29) is 5.91 Å². The molecule has 27 heavy (non-hydrogen) atoms. The van der Waals surface area contributed by atoms with Crippen LogP contribution in [0.5, 0.6) is 0 Å². The Labute approximate surface area is 163 Å². The molecule has 2 aliphatic heterocycles. The van der Waals surface area contributed by atoms with Crippen molar-refractivity contribution in [1.82, 2.24) is 15.1 Å². The number of carbonyl (C=O) groups is 1. The monoisotopic (exact) mass is 371 g/mol. The van der Waals surface area contributed by atoms with E-state index in [1.165, 1.54) is 12.1 Å². The van der Waals surface area contributed by atoms with Crippen LogP contribution in [-0.4, -0.2) is 74.0 Å². The number of nitrogens with zero attached hydrogens (tertiary/aromatic N) is 4. The summed E-state index contributed by atoms with van der Waals surface area (Å²) in [4.78, 5) is 23.6. The number of aliphatic imine (C=N–C) groups is 1. The molecular weight excluding hydrogens is 338 g/mol. The fraction of sp³-hybridized carbons (Fsp3) is 0.619. The molecule has 2 aliphatic rings. The van der Waals surface area contributed by atoms with Crippen molar-refractivity contribution < 1.29 is 4.79 Å². The summed E-state index contributed by atoms with van der Waals surface area (Å²) in [5.74, 6) is 1.17. The number of amides is 1. The van der Waals surface area contributed by atoms with Crippen LogP contribution in [0.4, 0.5) is 5.69 Å². The van der Waals surface area contributed by atoms with Crippen LogP contribution in [0.2, 0.25) is 0 Å². The first-order valence-electron chi connectivity index (χ1n) is 10.2. The Bertz CT molecular complexity index is 625. The highest BCUT2D eigenvalue weighted by molar-refractivity contribution is 5.81. The fourth-order valence-corrected chi connectivity index (χ4v) is 4.04. The van der Waals surface area contributed by atoms with Gasteiger partial charge in [-0.2, -0.15) is 0 Å². The molecule has 0 saturated carbocycles. The normalized spacial score (nSPS) is 21.3. The van der Waals surface area contributed by atoms with Crippen LogP contribution in [-0.2, 0) is 4.79 Å². The lowest BCUT2D eigenvalue weighted by Crippen LogP contribution is -2.53. The van der Waals surface area contributed by atoms with Gasteiger partial charge in [-0.25, -0.2) is 0 Å².